The number of carbonyl (C=O) groups is 2. The van der Waals surface area contributed by atoms with Gasteiger partial charge < -0.3 is 15.5 Å². The first-order valence-electron chi connectivity index (χ1n) is 10.9. The molecule has 1 atom stereocenters. The van der Waals surface area contributed by atoms with Gasteiger partial charge >= 0.3 is 11.9 Å². The monoisotopic (exact) mass is 383 g/mol. The molecule has 5 heteroatoms. The molecule has 0 rings (SSSR count). The van der Waals surface area contributed by atoms with E-state index in [1.54, 1.807) is 6.20 Å². The Hall–Kier alpha value is -1.52. The maximum absolute atomic E-state index is 10.9. The van der Waals surface area contributed by atoms with Gasteiger partial charge in [0.05, 0.1) is 6.42 Å². The van der Waals surface area contributed by atoms with Gasteiger partial charge in [0.1, 0.15) is 6.04 Å². The molecule has 0 aromatic heterocycles. The second kappa shape index (κ2) is 19.2. The fourth-order valence-electron chi connectivity index (χ4n) is 3.12. The van der Waals surface area contributed by atoms with E-state index in [2.05, 4.69) is 12.2 Å². The van der Waals surface area contributed by atoms with Gasteiger partial charge in [0.2, 0.25) is 0 Å². The lowest BCUT2D eigenvalue weighted by molar-refractivity contribution is -0.145. The molecule has 27 heavy (non-hydrogen) atoms. The van der Waals surface area contributed by atoms with Crippen LogP contribution in [0.4, 0.5) is 0 Å². The smallest absolute Gasteiger partial charge is 0.326 e. The van der Waals surface area contributed by atoms with Crippen LogP contribution in [0.5, 0.6) is 0 Å². The Bertz CT molecular complexity index is 396. The van der Waals surface area contributed by atoms with Gasteiger partial charge in [-0.05, 0) is 19.0 Å². The number of unbranched alkanes of at least 4 members (excludes halogenated alkanes) is 14. The van der Waals surface area contributed by atoms with Crippen LogP contribution in [0.3, 0.4) is 0 Å². The highest BCUT2D eigenvalue weighted by Crippen LogP contribution is 2.13. The van der Waals surface area contributed by atoms with E-state index in [1.807, 2.05) is 6.08 Å². The summed E-state index contributed by atoms with van der Waals surface area (Å²) in [5.74, 6) is -2.26. The minimum Gasteiger partial charge on any atom is -0.481 e. The molecule has 0 saturated heterocycles. The summed E-state index contributed by atoms with van der Waals surface area (Å²) in [6.45, 7) is 2.26. The molecule has 0 aliphatic rings. The lowest BCUT2D eigenvalue weighted by atomic mass is 10.0. The third-order valence-electron chi connectivity index (χ3n) is 4.82. The third-order valence-corrected chi connectivity index (χ3v) is 4.82. The zero-order valence-corrected chi connectivity index (χ0v) is 17.3. The second-order valence-electron chi connectivity index (χ2n) is 7.44. The molecule has 0 radical (unpaired) electrons. The minimum absolute atomic E-state index is 0.418. The van der Waals surface area contributed by atoms with Gasteiger partial charge in [0.25, 0.3) is 0 Å². The molecule has 3 N–H and O–H groups in total. The molecular weight excluding hydrogens is 342 g/mol. The predicted molar refractivity (Wildman–Crippen MR) is 111 cm³/mol. The average Bonchev–Trinajstić information content (AvgIpc) is 2.62. The van der Waals surface area contributed by atoms with Gasteiger partial charge in [0, 0.05) is 0 Å². The van der Waals surface area contributed by atoms with Crippen LogP contribution in [0.2, 0.25) is 0 Å². The second-order valence-corrected chi connectivity index (χ2v) is 7.44. The number of aliphatic carboxylic acids is 2. The topological polar surface area (TPSA) is 86.6 Å². The van der Waals surface area contributed by atoms with Crippen molar-refractivity contribution in [3.8, 4) is 0 Å². The molecule has 0 aromatic rings. The molecule has 0 amide bonds. The van der Waals surface area contributed by atoms with Crippen LogP contribution in [0.1, 0.15) is 110 Å². The highest BCUT2D eigenvalue weighted by atomic mass is 16.4. The van der Waals surface area contributed by atoms with Crippen molar-refractivity contribution < 1.29 is 19.8 Å². The first-order valence-corrected chi connectivity index (χ1v) is 10.9. The maximum atomic E-state index is 10.9. The molecular formula is C22H41NO4. The molecule has 0 spiro atoms. The van der Waals surface area contributed by atoms with E-state index in [0.717, 1.165) is 12.8 Å². The summed E-state index contributed by atoms with van der Waals surface area (Å²) in [6, 6.07) is -1.06. The van der Waals surface area contributed by atoms with Crippen LogP contribution in [-0.4, -0.2) is 28.2 Å². The van der Waals surface area contributed by atoms with Crippen molar-refractivity contribution in [1.29, 1.82) is 0 Å². The van der Waals surface area contributed by atoms with Gasteiger partial charge in [-0.25, -0.2) is 4.79 Å². The summed E-state index contributed by atoms with van der Waals surface area (Å²) in [5, 5.41) is 20.2. The summed E-state index contributed by atoms with van der Waals surface area (Å²) >= 11 is 0. The highest BCUT2D eigenvalue weighted by Gasteiger charge is 2.18. The lowest BCUT2D eigenvalue weighted by Crippen LogP contribution is -2.35. The van der Waals surface area contributed by atoms with E-state index in [1.165, 1.54) is 83.5 Å². The van der Waals surface area contributed by atoms with Gasteiger partial charge in [0.15, 0.2) is 0 Å². The van der Waals surface area contributed by atoms with Crippen molar-refractivity contribution in [3.05, 3.63) is 12.3 Å². The molecule has 0 saturated carbocycles. The number of hydrogen-bond acceptors (Lipinski definition) is 3. The van der Waals surface area contributed by atoms with Crippen molar-refractivity contribution >= 4 is 11.9 Å². The van der Waals surface area contributed by atoms with E-state index in [9.17, 15) is 9.59 Å². The van der Waals surface area contributed by atoms with Gasteiger partial charge in [-0.15, -0.1) is 0 Å². The van der Waals surface area contributed by atoms with Crippen molar-refractivity contribution in [3.63, 3.8) is 0 Å². The van der Waals surface area contributed by atoms with Crippen molar-refractivity contribution in [2.24, 2.45) is 0 Å². The van der Waals surface area contributed by atoms with Crippen LogP contribution >= 0.6 is 0 Å². The van der Waals surface area contributed by atoms with Crippen molar-refractivity contribution in [2.75, 3.05) is 0 Å². The SMILES string of the molecule is CCCCCCCCCCCCCCCCC=CN[C@@H](CC(=O)O)C(=O)O. The van der Waals surface area contributed by atoms with E-state index in [0.29, 0.717) is 0 Å². The molecule has 0 bridgehead atoms. The maximum Gasteiger partial charge on any atom is 0.326 e. The van der Waals surface area contributed by atoms with Crippen LogP contribution in [0, 0.1) is 0 Å². The van der Waals surface area contributed by atoms with Gasteiger partial charge in [-0.3, -0.25) is 4.79 Å². The standard InChI is InChI=1S/C22H41NO4/c1-2-3-4-5-6-7-8-9-10-11-12-13-14-15-16-17-18-23-20(22(26)27)19-21(24)25/h17-18,20,23H,2-16,19H2,1H3,(H,24,25)(H,26,27)/t20-/m0/s1. The Labute approximate surface area is 165 Å². The highest BCUT2D eigenvalue weighted by molar-refractivity contribution is 5.80. The summed E-state index contributed by atoms with van der Waals surface area (Å²) in [7, 11) is 0. The van der Waals surface area contributed by atoms with Gasteiger partial charge in [-0.2, -0.15) is 0 Å². The Kier molecular flexibility index (Phi) is 18.2. The summed E-state index contributed by atoms with van der Waals surface area (Å²) < 4.78 is 0. The number of rotatable bonds is 20. The van der Waals surface area contributed by atoms with E-state index < -0.39 is 24.4 Å². The Morgan fingerprint density at radius 1 is 0.778 bits per heavy atom. The Morgan fingerprint density at radius 3 is 1.63 bits per heavy atom. The van der Waals surface area contributed by atoms with E-state index >= 15 is 0 Å². The zero-order valence-electron chi connectivity index (χ0n) is 17.3. The van der Waals surface area contributed by atoms with Crippen molar-refractivity contribution in [2.45, 2.75) is 116 Å². The third kappa shape index (κ3) is 19.1. The van der Waals surface area contributed by atoms with E-state index in [-0.39, 0.29) is 0 Å². The fourth-order valence-corrected chi connectivity index (χ4v) is 3.12. The van der Waals surface area contributed by atoms with Crippen LogP contribution in [0.25, 0.3) is 0 Å². The number of carboxylic acid groups (broad SMARTS) is 2. The molecule has 5 nitrogen and oxygen atoms in total. The summed E-state index contributed by atoms with van der Waals surface area (Å²) in [6.07, 6.45) is 22.6. The van der Waals surface area contributed by atoms with Crippen LogP contribution < -0.4 is 5.32 Å². The normalized spacial score (nSPS) is 12.3. The zero-order chi connectivity index (χ0) is 20.2. The summed E-state index contributed by atoms with van der Waals surface area (Å²) in [4.78, 5) is 21.4. The number of hydrogen-bond donors (Lipinski definition) is 3. The molecule has 0 heterocycles. The molecule has 158 valence electrons. The molecule has 0 unspecified atom stereocenters. The predicted octanol–water partition coefficient (Wildman–Crippen LogP) is 5.89. The van der Waals surface area contributed by atoms with Crippen molar-refractivity contribution in [1.82, 2.24) is 5.32 Å². The number of allylic oxidation sites excluding steroid dienone is 1. The molecule has 0 aliphatic heterocycles. The first kappa shape index (κ1) is 25.5. The largest absolute Gasteiger partial charge is 0.481 e. The fraction of sp³-hybridized carbons (Fsp3) is 0.818. The minimum atomic E-state index is -1.14. The lowest BCUT2D eigenvalue weighted by Gasteiger charge is -2.09. The quantitative estimate of drug-likeness (QED) is 0.228. The van der Waals surface area contributed by atoms with Gasteiger partial charge in [-0.1, -0.05) is 96.5 Å². The summed E-state index contributed by atoms with van der Waals surface area (Å²) in [5.41, 5.74) is 0. The number of carboxylic acids is 2. The molecule has 0 aromatic carbocycles. The Balaban J connectivity index is 3.35. The first-order chi connectivity index (χ1) is 13.1. The molecule has 0 aliphatic carbocycles. The van der Waals surface area contributed by atoms with Crippen LogP contribution in [-0.2, 0) is 9.59 Å². The number of nitrogens with one attached hydrogen (secondary N) is 1. The van der Waals surface area contributed by atoms with Crippen LogP contribution in [0.15, 0.2) is 12.3 Å². The van der Waals surface area contributed by atoms with E-state index in [4.69, 9.17) is 10.2 Å². The Morgan fingerprint density at radius 2 is 1.22 bits per heavy atom. The molecule has 0 fully saturated rings. The average molecular weight is 384 g/mol.